The maximum Gasteiger partial charge on any atom is 0.410 e. The van der Waals surface area contributed by atoms with E-state index in [2.05, 4.69) is 0 Å². The third kappa shape index (κ3) is 3.83. The quantitative estimate of drug-likeness (QED) is 0.774. The summed E-state index contributed by atoms with van der Waals surface area (Å²) in [7, 11) is 0. The van der Waals surface area contributed by atoms with Gasteiger partial charge in [0.25, 0.3) is 0 Å². The van der Waals surface area contributed by atoms with Gasteiger partial charge in [-0.15, -0.1) is 0 Å². The molecule has 2 unspecified atom stereocenters. The van der Waals surface area contributed by atoms with Gasteiger partial charge in [0.05, 0.1) is 30.0 Å². The van der Waals surface area contributed by atoms with Crippen LogP contribution < -0.4 is 0 Å². The number of carbonyl (C=O) groups is 1. The Morgan fingerprint density at radius 2 is 2.19 bits per heavy atom. The van der Waals surface area contributed by atoms with Gasteiger partial charge in [-0.3, -0.25) is 0 Å². The highest BCUT2D eigenvalue weighted by atomic mass is 32.2. The molecule has 6 heteroatoms. The van der Waals surface area contributed by atoms with Crippen LogP contribution >= 0.6 is 12.1 Å². The van der Waals surface area contributed by atoms with Crippen LogP contribution in [0.25, 0.3) is 0 Å². The van der Waals surface area contributed by atoms with Crippen LogP contribution in [0.5, 0.6) is 0 Å². The minimum Gasteiger partial charge on any atom is -0.444 e. The van der Waals surface area contributed by atoms with Crippen LogP contribution in [0.2, 0.25) is 0 Å². The summed E-state index contributed by atoms with van der Waals surface area (Å²) >= 11 is 0.152. The van der Waals surface area contributed by atoms with Crippen molar-refractivity contribution in [2.45, 2.75) is 44.1 Å². The number of rotatable bonds is 1. The Hall–Kier alpha value is -0.490. The molecule has 1 fully saturated rings. The number of piperidine rings is 1. The smallest absolute Gasteiger partial charge is 0.410 e. The second-order valence-electron chi connectivity index (χ2n) is 4.91. The van der Waals surface area contributed by atoms with E-state index in [-0.39, 0.29) is 18.7 Å². The molecular formula is C10H18FNO3S. The molecule has 0 spiro atoms. The predicted octanol–water partition coefficient (Wildman–Crippen LogP) is 1.97. The van der Waals surface area contributed by atoms with Crippen molar-refractivity contribution < 1.29 is 18.5 Å². The first-order valence-corrected chi connectivity index (χ1v) is 6.05. The lowest BCUT2D eigenvalue weighted by molar-refractivity contribution is 0.00521. The van der Waals surface area contributed by atoms with Crippen molar-refractivity contribution in [1.29, 1.82) is 0 Å². The van der Waals surface area contributed by atoms with Gasteiger partial charge in [-0.1, -0.05) is 0 Å². The normalized spacial score (nSPS) is 26.7. The number of β-amino-alcohol motifs (C(OH)–C–C–N with tert-alkyl or cyclic N) is 1. The number of aliphatic hydroxyl groups is 1. The molecule has 0 aromatic rings. The number of hydrogen-bond donors (Lipinski definition) is 1. The molecule has 1 aliphatic rings. The van der Waals surface area contributed by atoms with Crippen LogP contribution in [-0.4, -0.2) is 46.1 Å². The van der Waals surface area contributed by atoms with Gasteiger partial charge < -0.3 is 14.7 Å². The largest absolute Gasteiger partial charge is 0.444 e. The summed E-state index contributed by atoms with van der Waals surface area (Å²) in [4.78, 5) is 13.1. The van der Waals surface area contributed by atoms with Gasteiger partial charge in [-0.2, -0.15) is 3.89 Å². The molecule has 1 amide bonds. The van der Waals surface area contributed by atoms with Crippen molar-refractivity contribution in [2.24, 2.45) is 0 Å². The number of ether oxygens (including phenoxy) is 1. The molecule has 0 aromatic carbocycles. The lowest BCUT2D eigenvalue weighted by Gasteiger charge is -2.34. The monoisotopic (exact) mass is 251 g/mol. The summed E-state index contributed by atoms with van der Waals surface area (Å²) < 4.78 is 17.5. The van der Waals surface area contributed by atoms with Crippen molar-refractivity contribution in [3.63, 3.8) is 0 Å². The number of aliphatic hydroxyl groups excluding tert-OH is 1. The van der Waals surface area contributed by atoms with Crippen molar-refractivity contribution in [1.82, 2.24) is 4.90 Å². The molecule has 1 heterocycles. The van der Waals surface area contributed by atoms with Crippen LogP contribution in [-0.2, 0) is 4.74 Å². The molecule has 2 atom stereocenters. The molecule has 0 aliphatic carbocycles. The summed E-state index contributed by atoms with van der Waals surface area (Å²) in [5, 5.41) is 9.14. The molecule has 1 N–H and O–H groups in total. The third-order valence-electron chi connectivity index (χ3n) is 2.29. The van der Waals surface area contributed by atoms with Crippen LogP contribution in [0.15, 0.2) is 0 Å². The zero-order valence-corrected chi connectivity index (χ0v) is 10.6. The molecule has 4 nitrogen and oxygen atoms in total. The Bertz CT molecular complexity index is 257. The molecule has 0 saturated carbocycles. The van der Waals surface area contributed by atoms with E-state index in [1.807, 2.05) is 0 Å². The van der Waals surface area contributed by atoms with E-state index in [1.54, 1.807) is 20.8 Å². The standard InChI is InChI=1S/C10H18FNO3S/c1-10(2,3)15-9(14)12-5-4-8(16-11)7(13)6-12/h7-8,13H,4-6H2,1-3H3. The van der Waals surface area contributed by atoms with Gasteiger partial charge >= 0.3 is 6.09 Å². The highest BCUT2D eigenvalue weighted by molar-refractivity contribution is 7.95. The fourth-order valence-electron chi connectivity index (χ4n) is 1.51. The summed E-state index contributed by atoms with van der Waals surface area (Å²) in [5.74, 6) is 0. The van der Waals surface area contributed by atoms with Crippen molar-refractivity contribution in [3.8, 4) is 0 Å². The third-order valence-corrected chi connectivity index (χ3v) is 3.06. The van der Waals surface area contributed by atoms with Crippen molar-refractivity contribution in [3.05, 3.63) is 0 Å². The number of likely N-dealkylation sites (tertiary alicyclic amines) is 1. The van der Waals surface area contributed by atoms with Gasteiger partial charge in [-0.25, -0.2) is 4.79 Å². The fraction of sp³-hybridized carbons (Fsp3) is 0.900. The number of carbonyl (C=O) groups excluding carboxylic acids is 1. The number of amides is 1. The van der Waals surface area contributed by atoms with Crippen molar-refractivity contribution in [2.75, 3.05) is 13.1 Å². The van der Waals surface area contributed by atoms with Gasteiger partial charge in [-0.05, 0) is 27.2 Å². The van der Waals surface area contributed by atoms with E-state index in [9.17, 15) is 13.8 Å². The van der Waals surface area contributed by atoms with E-state index >= 15 is 0 Å². The van der Waals surface area contributed by atoms with Crippen LogP contribution in [0.3, 0.4) is 0 Å². The molecule has 0 aromatic heterocycles. The molecule has 16 heavy (non-hydrogen) atoms. The van der Waals surface area contributed by atoms with Gasteiger partial charge in [0.1, 0.15) is 5.60 Å². The van der Waals surface area contributed by atoms with Gasteiger partial charge in [0, 0.05) is 6.54 Å². The van der Waals surface area contributed by atoms with Crippen molar-refractivity contribution >= 4 is 18.2 Å². The first-order valence-electron chi connectivity index (χ1n) is 5.27. The maximum absolute atomic E-state index is 12.4. The Kier molecular flexibility index (Phi) is 4.43. The number of halogens is 1. The molecule has 94 valence electrons. The lowest BCUT2D eigenvalue weighted by atomic mass is 10.1. The average Bonchev–Trinajstić information content (AvgIpc) is 2.15. The Morgan fingerprint density at radius 1 is 1.56 bits per heavy atom. The van der Waals surface area contributed by atoms with E-state index in [4.69, 9.17) is 4.74 Å². The minimum absolute atomic E-state index is 0.135. The average molecular weight is 251 g/mol. The highest BCUT2D eigenvalue weighted by Gasteiger charge is 2.33. The topological polar surface area (TPSA) is 49.8 Å². The minimum atomic E-state index is -0.823. The second kappa shape index (κ2) is 5.23. The lowest BCUT2D eigenvalue weighted by Crippen LogP contribution is -2.49. The first-order chi connectivity index (χ1) is 7.33. The van der Waals surface area contributed by atoms with E-state index in [1.165, 1.54) is 4.90 Å². The zero-order valence-electron chi connectivity index (χ0n) is 9.77. The zero-order chi connectivity index (χ0) is 12.3. The molecule has 1 saturated heterocycles. The molecule has 1 aliphatic heterocycles. The van der Waals surface area contributed by atoms with E-state index in [0.717, 1.165) is 0 Å². The fourth-order valence-corrected chi connectivity index (χ4v) is 1.91. The summed E-state index contributed by atoms with van der Waals surface area (Å²) in [6.07, 6.45) is -0.827. The molecule has 0 radical (unpaired) electrons. The highest BCUT2D eigenvalue weighted by Crippen LogP contribution is 2.25. The maximum atomic E-state index is 12.4. The molecule has 1 rings (SSSR count). The van der Waals surface area contributed by atoms with Gasteiger partial charge in [0.15, 0.2) is 0 Å². The summed E-state index contributed by atoms with van der Waals surface area (Å²) in [5.41, 5.74) is -0.548. The molecular weight excluding hydrogens is 233 g/mol. The Morgan fingerprint density at radius 3 is 2.62 bits per heavy atom. The van der Waals surface area contributed by atoms with Gasteiger partial charge in [0.2, 0.25) is 0 Å². The number of nitrogens with zero attached hydrogens (tertiary/aromatic N) is 1. The summed E-state index contributed by atoms with van der Waals surface area (Å²) in [6.45, 7) is 5.91. The summed E-state index contributed by atoms with van der Waals surface area (Å²) in [6, 6.07) is 0. The van der Waals surface area contributed by atoms with Crippen LogP contribution in [0.1, 0.15) is 27.2 Å². The van der Waals surface area contributed by atoms with E-state index < -0.39 is 23.0 Å². The predicted molar refractivity (Wildman–Crippen MR) is 60.9 cm³/mol. The number of hydrogen-bond acceptors (Lipinski definition) is 4. The second-order valence-corrected chi connectivity index (χ2v) is 5.69. The van der Waals surface area contributed by atoms with Crippen LogP contribution in [0.4, 0.5) is 8.68 Å². The molecule has 0 bridgehead atoms. The SMILES string of the molecule is CC(C)(C)OC(=O)N1CCC(SF)C(O)C1. The first kappa shape index (κ1) is 13.6. The Balaban J connectivity index is 2.48. The Labute approximate surface area is 99.4 Å². The van der Waals surface area contributed by atoms with E-state index in [0.29, 0.717) is 13.0 Å². The van der Waals surface area contributed by atoms with Crippen LogP contribution in [0, 0.1) is 0 Å².